The van der Waals surface area contributed by atoms with Gasteiger partial charge in [0.05, 0.1) is 12.2 Å². The minimum Gasteiger partial charge on any atom is -0.494 e. The predicted molar refractivity (Wildman–Crippen MR) is 123 cm³/mol. The van der Waals surface area contributed by atoms with Crippen LogP contribution in [-0.4, -0.2) is 18.4 Å². The van der Waals surface area contributed by atoms with Crippen LogP contribution in [0.15, 0.2) is 70.8 Å². The number of ether oxygens (including phenoxy) is 3. The number of esters is 1. The molecular weight excluding hydrogens is 439 g/mol. The molecule has 0 amide bonds. The van der Waals surface area contributed by atoms with Gasteiger partial charge in [-0.3, -0.25) is 4.79 Å². The number of carbonyl (C=O) groups is 2. The first-order chi connectivity index (χ1) is 16.4. The third kappa shape index (κ3) is 3.92. The number of furan rings is 1. The van der Waals surface area contributed by atoms with Gasteiger partial charge in [-0.15, -0.1) is 0 Å². The summed E-state index contributed by atoms with van der Waals surface area (Å²) in [6.07, 6.45) is 1.47. The minimum atomic E-state index is -0.607. The Balaban J connectivity index is 1.41. The summed E-state index contributed by atoms with van der Waals surface area (Å²) in [6, 6.07) is 15.6. The van der Waals surface area contributed by atoms with Gasteiger partial charge in [-0.1, -0.05) is 12.1 Å². The third-order valence-electron chi connectivity index (χ3n) is 5.35. The Morgan fingerprint density at radius 1 is 1.06 bits per heavy atom. The van der Waals surface area contributed by atoms with E-state index in [9.17, 15) is 14.0 Å². The molecule has 7 heteroatoms. The van der Waals surface area contributed by atoms with Crippen LogP contribution in [-0.2, 0) is 0 Å². The van der Waals surface area contributed by atoms with Gasteiger partial charge in [-0.2, -0.15) is 0 Å². The van der Waals surface area contributed by atoms with Crippen molar-refractivity contribution >= 4 is 28.8 Å². The minimum absolute atomic E-state index is 0.0594. The molecule has 0 radical (unpaired) electrons. The van der Waals surface area contributed by atoms with Crippen molar-refractivity contribution < 1.29 is 32.6 Å². The molecule has 0 atom stereocenters. The maximum atomic E-state index is 13.5. The van der Waals surface area contributed by atoms with Crippen molar-refractivity contribution in [1.29, 1.82) is 0 Å². The third-order valence-corrected chi connectivity index (χ3v) is 5.35. The van der Waals surface area contributed by atoms with E-state index in [1.807, 2.05) is 6.92 Å². The zero-order valence-electron chi connectivity index (χ0n) is 18.4. The highest BCUT2D eigenvalue weighted by atomic mass is 19.1. The van der Waals surface area contributed by atoms with Crippen molar-refractivity contribution in [3.63, 3.8) is 0 Å². The molecule has 6 nitrogen and oxygen atoms in total. The van der Waals surface area contributed by atoms with Crippen LogP contribution in [0.1, 0.15) is 39.0 Å². The highest BCUT2D eigenvalue weighted by Crippen LogP contribution is 2.36. The van der Waals surface area contributed by atoms with Gasteiger partial charge in [0, 0.05) is 11.5 Å². The molecule has 4 aromatic rings. The van der Waals surface area contributed by atoms with Crippen LogP contribution in [0.4, 0.5) is 4.39 Å². The first-order valence-corrected chi connectivity index (χ1v) is 10.6. The van der Waals surface area contributed by atoms with E-state index >= 15 is 0 Å². The van der Waals surface area contributed by atoms with Crippen LogP contribution in [0.3, 0.4) is 0 Å². The van der Waals surface area contributed by atoms with Crippen LogP contribution in [0, 0.1) is 12.7 Å². The lowest BCUT2D eigenvalue weighted by molar-refractivity contribution is 0.0734. The second kappa shape index (κ2) is 8.51. The number of Topliss-reactive ketones (excluding diaryl/α,β-unsaturated/α-hetero) is 1. The first kappa shape index (κ1) is 21.5. The van der Waals surface area contributed by atoms with E-state index in [4.69, 9.17) is 18.6 Å². The molecule has 2 heterocycles. The molecule has 1 aliphatic rings. The zero-order valence-corrected chi connectivity index (χ0v) is 18.4. The summed E-state index contributed by atoms with van der Waals surface area (Å²) >= 11 is 0. The van der Waals surface area contributed by atoms with Gasteiger partial charge in [0.15, 0.2) is 5.76 Å². The van der Waals surface area contributed by atoms with E-state index in [1.165, 1.54) is 36.4 Å². The van der Waals surface area contributed by atoms with Gasteiger partial charge in [0.25, 0.3) is 0 Å². The van der Waals surface area contributed by atoms with E-state index in [2.05, 4.69) is 0 Å². The molecule has 1 aromatic heterocycles. The second-order valence-electron chi connectivity index (χ2n) is 7.67. The smallest absolute Gasteiger partial charge is 0.347 e. The van der Waals surface area contributed by atoms with E-state index in [-0.39, 0.29) is 23.0 Å². The Morgan fingerprint density at radius 3 is 2.68 bits per heavy atom. The summed E-state index contributed by atoms with van der Waals surface area (Å²) in [5.74, 6) is 0.199. The highest BCUT2D eigenvalue weighted by Gasteiger charge is 2.28. The van der Waals surface area contributed by atoms with Crippen molar-refractivity contribution in [3.8, 4) is 17.2 Å². The standard InChI is InChI=1S/C27H19FO6/c1-3-31-18-8-10-22-21(13-18)25(15(2)32-22)27(30)33-19-7-9-20-23(14-19)34-24(26(20)29)12-16-5-4-6-17(28)11-16/h4-14H,3H2,1-2H3/b24-12-. The number of benzene rings is 3. The number of hydrogen-bond donors (Lipinski definition) is 0. The van der Waals surface area contributed by atoms with Gasteiger partial charge in [-0.25, -0.2) is 9.18 Å². The highest BCUT2D eigenvalue weighted by molar-refractivity contribution is 6.14. The molecule has 0 spiro atoms. The second-order valence-corrected chi connectivity index (χ2v) is 7.67. The van der Waals surface area contributed by atoms with Gasteiger partial charge < -0.3 is 18.6 Å². The molecule has 5 rings (SSSR count). The fraction of sp³-hybridized carbons (Fsp3) is 0.111. The predicted octanol–water partition coefficient (Wildman–Crippen LogP) is 6.11. The number of ketones is 1. The van der Waals surface area contributed by atoms with E-state index in [1.54, 1.807) is 37.3 Å². The van der Waals surface area contributed by atoms with Crippen LogP contribution in [0.5, 0.6) is 17.2 Å². The molecule has 0 unspecified atom stereocenters. The van der Waals surface area contributed by atoms with Crippen molar-refractivity contribution in [2.45, 2.75) is 13.8 Å². The lowest BCUT2D eigenvalue weighted by Crippen LogP contribution is -2.09. The molecule has 1 aliphatic heterocycles. The van der Waals surface area contributed by atoms with Gasteiger partial charge in [0.2, 0.25) is 5.78 Å². The van der Waals surface area contributed by atoms with Crippen LogP contribution >= 0.6 is 0 Å². The Bertz CT molecular complexity index is 1480. The number of aryl methyl sites for hydroxylation is 1. The summed E-state index contributed by atoms with van der Waals surface area (Å²) < 4.78 is 35.9. The monoisotopic (exact) mass is 458 g/mol. The van der Waals surface area contributed by atoms with E-state index < -0.39 is 11.8 Å². The summed E-state index contributed by atoms with van der Waals surface area (Å²) in [5, 5.41) is 0.585. The van der Waals surface area contributed by atoms with Gasteiger partial charge in [-0.05, 0) is 68.0 Å². The molecule has 0 saturated heterocycles. The SMILES string of the molecule is CCOc1ccc2oc(C)c(C(=O)Oc3ccc4c(c3)O/C(=C\c3cccc(F)c3)C4=O)c2c1. The fourth-order valence-electron chi connectivity index (χ4n) is 3.85. The van der Waals surface area contributed by atoms with Crippen LogP contribution in [0.2, 0.25) is 0 Å². The average Bonchev–Trinajstić information content (AvgIpc) is 3.29. The molecule has 34 heavy (non-hydrogen) atoms. The molecule has 0 aliphatic carbocycles. The Morgan fingerprint density at radius 2 is 1.88 bits per heavy atom. The normalized spacial score (nSPS) is 13.7. The molecule has 0 N–H and O–H groups in total. The number of carbonyl (C=O) groups excluding carboxylic acids is 2. The molecule has 3 aromatic carbocycles. The van der Waals surface area contributed by atoms with Crippen molar-refractivity contribution in [3.05, 3.63) is 94.7 Å². The number of rotatable bonds is 5. The maximum absolute atomic E-state index is 13.5. The molecule has 0 fully saturated rings. The lowest BCUT2D eigenvalue weighted by Gasteiger charge is -2.06. The summed E-state index contributed by atoms with van der Waals surface area (Å²) in [7, 11) is 0. The van der Waals surface area contributed by atoms with Crippen LogP contribution in [0.25, 0.3) is 17.0 Å². The number of fused-ring (bicyclic) bond motifs is 2. The topological polar surface area (TPSA) is 75.0 Å². The molecular formula is C27H19FO6. The summed E-state index contributed by atoms with van der Waals surface area (Å²) in [5.41, 5.74) is 1.66. The Hall–Kier alpha value is -4.39. The number of halogens is 1. The maximum Gasteiger partial charge on any atom is 0.347 e. The van der Waals surface area contributed by atoms with Crippen molar-refractivity contribution in [2.75, 3.05) is 6.61 Å². The Kier molecular flexibility index (Phi) is 5.37. The largest absolute Gasteiger partial charge is 0.494 e. The van der Waals surface area contributed by atoms with E-state index in [0.29, 0.717) is 45.8 Å². The fourth-order valence-corrected chi connectivity index (χ4v) is 3.85. The lowest BCUT2D eigenvalue weighted by atomic mass is 10.1. The van der Waals surface area contributed by atoms with Crippen molar-refractivity contribution in [1.82, 2.24) is 0 Å². The molecule has 170 valence electrons. The first-order valence-electron chi connectivity index (χ1n) is 10.6. The summed E-state index contributed by atoms with van der Waals surface area (Å²) in [4.78, 5) is 25.7. The number of allylic oxidation sites excluding steroid dienone is 1. The Labute approximate surface area is 194 Å². The average molecular weight is 458 g/mol. The van der Waals surface area contributed by atoms with Gasteiger partial charge >= 0.3 is 5.97 Å². The van der Waals surface area contributed by atoms with Gasteiger partial charge in [0.1, 0.15) is 40.0 Å². The zero-order chi connectivity index (χ0) is 23.8. The molecule has 0 saturated carbocycles. The number of hydrogen-bond acceptors (Lipinski definition) is 6. The van der Waals surface area contributed by atoms with Crippen molar-refractivity contribution in [2.24, 2.45) is 0 Å². The van der Waals surface area contributed by atoms with Crippen LogP contribution < -0.4 is 14.2 Å². The summed E-state index contributed by atoms with van der Waals surface area (Å²) in [6.45, 7) is 4.05. The quantitative estimate of drug-likeness (QED) is 0.204. The van der Waals surface area contributed by atoms with E-state index in [0.717, 1.165) is 0 Å². The molecule has 0 bridgehead atoms.